The molecule has 3 aliphatic rings. The number of nitrogens with two attached hydrogens (primary N) is 1. The van der Waals surface area contributed by atoms with Gasteiger partial charge in [0.05, 0.1) is 25.0 Å². The molecule has 3 fully saturated rings. The van der Waals surface area contributed by atoms with Gasteiger partial charge in [-0.3, -0.25) is 18.8 Å². The highest BCUT2D eigenvalue weighted by molar-refractivity contribution is 8.00. The summed E-state index contributed by atoms with van der Waals surface area (Å²) in [6.45, 7) is -0.998. The number of nitrogens with one attached hydrogen (secondary N) is 2. The zero-order valence-electron chi connectivity index (χ0n) is 23.4. The number of hydrogen-bond acceptors (Lipinski definition) is 17. The summed E-state index contributed by atoms with van der Waals surface area (Å²) in [5.41, 5.74) is 6.03. The summed E-state index contributed by atoms with van der Waals surface area (Å²) >= 11 is 1.66. The zero-order valence-corrected chi connectivity index (χ0v) is 26.9. The molecule has 0 radical (unpaired) electrons. The molecule has 26 heteroatoms. The Morgan fingerprint density at radius 1 is 1.07 bits per heavy atom. The quantitative estimate of drug-likeness (QED) is 0.0698. The van der Waals surface area contributed by atoms with Crippen LogP contribution in [0, 0.1) is 0 Å². The van der Waals surface area contributed by atoms with E-state index in [2.05, 4.69) is 43.3 Å². The van der Waals surface area contributed by atoms with E-state index in [0.29, 0.717) is 12.8 Å². The molecule has 0 saturated carbocycles. The van der Waals surface area contributed by atoms with Gasteiger partial charge in [0.25, 0.3) is 0 Å². The number of unbranched alkanes of at least 4 members (excludes halogenated alkanes) is 1. The van der Waals surface area contributed by atoms with Crippen LogP contribution in [0.1, 0.15) is 31.9 Å². The minimum atomic E-state index is -5.89. The first-order valence-corrected chi connectivity index (χ1v) is 19.0. The fraction of sp³-hybridized carbons (Fsp3) is 0.650. The lowest BCUT2D eigenvalue weighted by Gasteiger charge is -2.20. The highest BCUT2D eigenvalue weighted by Crippen LogP contribution is 2.67. The smallest absolute Gasteiger partial charge is 0.387 e. The molecule has 2 aromatic rings. The number of rotatable bonds is 14. The summed E-state index contributed by atoms with van der Waals surface area (Å²) in [4.78, 5) is 64.7. The van der Waals surface area contributed by atoms with Crippen molar-refractivity contribution in [3.63, 3.8) is 0 Å². The van der Waals surface area contributed by atoms with E-state index in [1.165, 1.54) is 10.9 Å². The number of imidazole rings is 1. The number of urea groups is 1. The van der Waals surface area contributed by atoms with Crippen LogP contribution >= 0.6 is 35.2 Å². The lowest BCUT2D eigenvalue weighted by atomic mass is 10.0. The van der Waals surface area contributed by atoms with Gasteiger partial charge in [-0.1, -0.05) is 6.42 Å². The molecule has 256 valence electrons. The second-order valence-corrected chi connectivity index (χ2v) is 16.2. The molecule has 0 aromatic carbocycles. The van der Waals surface area contributed by atoms with Crippen LogP contribution in [0.5, 0.6) is 0 Å². The Morgan fingerprint density at radius 3 is 2.57 bits per heavy atom. The molecule has 2 aromatic heterocycles. The average Bonchev–Trinajstić information content (AvgIpc) is 3.69. The van der Waals surface area contributed by atoms with Crippen LogP contribution < -0.4 is 16.4 Å². The molecule has 10 atom stereocenters. The van der Waals surface area contributed by atoms with E-state index in [4.69, 9.17) is 10.5 Å². The molecule has 5 heterocycles. The number of phosphoric acid groups is 3. The highest BCUT2D eigenvalue weighted by Gasteiger charge is 2.48. The largest absolute Gasteiger partial charge is 0.538 e. The number of aliphatic hydroxyl groups excluding tert-OH is 2. The van der Waals surface area contributed by atoms with Crippen molar-refractivity contribution in [2.45, 2.75) is 67.6 Å². The molecule has 46 heavy (non-hydrogen) atoms. The van der Waals surface area contributed by atoms with Crippen molar-refractivity contribution in [1.82, 2.24) is 30.2 Å². The van der Waals surface area contributed by atoms with Crippen LogP contribution in [0.15, 0.2) is 12.7 Å². The van der Waals surface area contributed by atoms with Crippen molar-refractivity contribution in [1.29, 1.82) is 0 Å². The van der Waals surface area contributed by atoms with Gasteiger partial charge in [-0.25, -0.2) is 33.4 Å². The minimum Gasteiger partial charge on any atom is -0.387 e. The summed E-state index contributed by atoms with van der Waals surface area (Å²) < 4.78 is 60.2. The van der Waals surface area contributed by atoms with Crippen molar-refractivity contribution in [3.8, 4) is 0 Å². The predicted octanol–water partition coefficient (Wildman–Crippen LogP) is -0.352. The number of fused-ring (bicyclic) bond motifs is 2. The molecular formula is C20H30N7O15P3S. The molecule has 5 rings (SSSR count). The fourth-order valence-electron chi connectivity index (χ4n) is 5.07. The summed E-state index contributed by atoms with van der Waals surface area (Å²) in [5, 5.41) is 26.6. The number of aromatic nitrogens is 4. The number of nitrogen functional groups attached to an aromatic ring is 1. The number of hydrogen-bond donors (Lipinski definition) is 8. The van der Waals surface area contributed by atoms with Gasteiger partial charge in [0, 0.05) is 17.4 Å². The maximum Gasteiger partial charge on any atom is 0.538 e. The Labute approximate surface area is 263 Å². The molecule has 22 nitrogen and oxygen atoms in total. The molecule has 3 saturated heterocycles. The van der Waals surface area contributed by atoms with Gasteiger partial charge in [-0.05, 0) is 12.8 Å². The predicted molar refractivity (Wildman–Crippen MR) is 153 cm³/mol. The first-order chi connectivity index (χ1) is 21.5. The van der Waals surface area contributed by atoms with Gasteiger partial charge in [0.1, 0.15) is 30.2 Å². The van der Waals surface area contributed by atoms with E-state index >= 15 is 0 Å². The number of ether oxygens (including phenoxy) is 1. The molecule has 5 unspecified atom stereocenters. The van der Waals surface area contributed by atoms with Crippen molar-refractivity contribution in [2.24, 2.45) is 0 Å². The van der Waals surface area contributed by atoms with Crippen LogP contribution in [0.2, 0.25) is 0 Å². The van der Waals surface area contributed by atoms with E-state index < -0.39 is 60.6 Å². The van der Waals surface area contributed by atoms with Gasteiger partial charge >= 0.3 is 35.5 Å². The van der Waals surface area contributed by atoms with E-state index in [1.807, 2.05) is 0 Å². The Kier molecular flexibility index (Phi) is 10.5. The standard InChI is InChI=1S/C20H30N7O15P3S/c21-17-14-18(23-7-22-17)27(8-24-14)19-16(30)15(29)10(39-19)5-38-43(32,33)41-45(36,37)42-44(34,35)40-12(28)4-2-1-3-11-13-9(6-46-11)25-20(31)26-13/h7-11,13,15-16,19,29-30H,1-6H2,(H,32,33)(H,34,35)(H,36,37)(H2,21,22,23)(H2,25,26,31)/t9-,10+,11-,13-,15?,16?,19+/m0/s1. The summed E-state index contributed by atoms with van der Waals surface area (Å²) in [5.74, 6) is -0.491. The van der Waals surface area contributed by atoms with Crippen LogP contribution in [-0.2, 0) is 40.9 Å². The SMILES string of the molecule is Nc1ncnc2c1ncn2[C@@H]1O[C@H](COP(=O)(O)OP(=O)(O)OP(=O)(O)OC(=O)CCCC[C@@H]2SC[C@@H]3NC(=O)N[C@@H]32)C(O)C1O. The topological polar surface area (TPSA) is 326 Å². The van der Waals surface area contributed by atoms with Crippen LogP contribution in [-0.4, -0.2) is 104 Å². The molecule has 0 bridgehead atoms. The van der Waals surface area contributed by atoms with Gasteiger partial charge in [-0.2, -0.15) is 20.4 Å². The Hall–Kier alpha value is -2.23. The van der Waals surface area contributed by atoms with Gasteiger partial charge < -0.3 is 45.6 Å². The summed E-state index contributed by atoms with van der Waals surface area (Å²) in [7, 11) is -17.1. The molecule has 0 aliphatic carbocycles. The molecule has 9 N–H and O–H groups in total. The van der Waals surface area contributed by atoms with Crippen molar-refractivity contribution in [3.05, 3.63) is 12.7 Å². The van der Waals surface area contributed by atoms with Gasteiger partial charge in [0.2, 0.25) is 0 Å². The number of amides is 2. The fourth-order valence-corrected chi connectivity index (χ4v) is 10.1. The third-order valence-corrected chi connectivity index (χ3v) is 12.8. The van der Waals surface area contributed by atoms with Crippen LogP contribution in [0.3, 0.4) is 0 Å². The Bertz CT molecular complexity index is 1620. The monoisotopic (exact) mass is 733 g/mol. The summed E-state index contributed by atoms with van der Waals surface area (Å²) in [6.07, 6.45) is -2.90. The number of thioether (sulfide) groups is 1. The number of aliphatic hydroxyl groups is 2. The normalized spacial score (nSPS) is 31.4. The Balaban J connectivity index is 1.06. The first kappa shape index (κ1) is 35.1. The van der Waals surface area contributed by atoms with E-state index in [9.17, 15) is 48.2 Å². The minimum absolute atomic E-state index is 0.0225. The summed E-state index contributed by atoms with van der Waals surface area (Å²) in [6, 6.07) is -0.261. The van der Waals surface area contributed by atoms with E-state index in [1.54, 1.807) is 11.8 Å². The first-order valence-electron chi connectivity index (χ1n) is 13.5. The molecule has 0 spiro atoms. The lowest BCUT2D eigenvalue weighted by molar-refractivity contribution is -0.135. The van der Waals surface area contributed by atoms with Crippen LogP contribution in [0.25, 0.3) is 11.2 Å². The van der Waals surface area contributed by atoms with Crippen LogP contribution in [0.4, 0.5) is 10.6 Å². The zero-order chi connectivity index (χ0) is 33.4. The number of phosphoric ester groups is 2. The van der Waals surface area contributed by atoms with Gasteiger partial charge in [-0.15, -0.1) is 0 Å². The molecule has 2 amide bonds. The van der Waals surface area contributed by atoms with E-state index in [-0.39, 0.29) is 53.2 Å². The van der Waals surface area contributed by atoms with E-state index in [0.717, 1.165) is 12.1 Å². The second kappa shape index (κ2) is 13.7. The number of carbonyl (C=O) groups excluding carboxylic acids is 2. The van der Waals surface area contributed by atoms with Crippen molar-refractivity contribution in [2.75, 3.05) is 18.1 Å². The van der Waals surface area contributed by atoms with Crippen molar-refractivity contribution < 1.29 is 70.6 Å². The number of nitrogens with zero attached hydrogens (tertiary/aromatic N) is 4. The average molecular weight is 733 g/mol. The second-order valence-electron chi connectivity index (χ2n) is 10.3. The maximum atomic E-state index is 12.3. The maximum absolute atomic E-state index is 12.3. The number of anilines is 1. The third kappa shape index (κ3) is 8.24. The van der Waals surface area contributed by atoms with Crippen molar-refractivity contribution >= 4 is 64.2 Å². The van der Waals surface area contributed by atoms with Gasteiger partial charge in [0.15, 0.2) is 17.7 Å². The highest BCUT2D eigenvalue weighted by atomic mass is 32.2. The molecular weight excluding hydrogens is 703 g/mol. The third-order valence-electron chi connectivity index (χ3n) is 7.09. The molecule has 3 aliphatic heterocycles. The number of carbonyl (C=O) groups is 2. The lowest BCUT2D eigenvalue weighted by Crippen LogP contribution is -2.36. The Morgan fingerprint density at radius 2 is 1.80 bits per heavy atom.